The molecular formula is C12H20N4O. The Hall–Kier alpha value is -1.36. The third-order valence-corrected chi connectivity index (χ3v) is 3.06. The third-order valence-electron chi connectivity index (χ3n) is 3.06. The Labute approximate surface area is 102 Å². The summed E-state index contributed by atoms with van der Waals surface area (Å²) in [6, 6.07) is 0. The van der Waals surface area contributed by atoms with Crippen LogP contribution in [0, 0.1) is 0 Å². The number of nitrogens with zero attached hydrogens (tertiary/aromatic N) is 2. The van der Waals surface area contributed by atoms with E-state index in [1.807, 2.05) is 6.92 Å². The predicted octanol–water partition coefficient (Wildman–Crippen LogP) is 0.227. The Kier molecular flexibility index (Phi) is 3.78. The molecule has 1 aromatic heterocycles. The summed E-state index contributed by atoms with van der Waals surface area (Å²) in [7, 11) is 0. The highest BCUT2D eigenvalue weighted by molar-refractivity contribution is 5.75. The third kappa shape index (κ3) is 2.49. The number of nitrogens with one attached hydrogen (secondary N) is 2. The quantitative estimate of drug-likeness (QED) is 0.786. The lowest BCUT2D eigenvalue weighted by molar-refractivity contribution is -0.121. The highest BCUT2D eigenvalue weighted by Crippen LogP contribution is 2.16. The molecule has 0 radical (unpaired) electrons. The first-order chi connectivity index (χ1) is 8.26. The van der Waals surface area contributed by atoms with Crippen molar-refractivity contribution in [2.75, 3.05) is 13.1 Å². The normalized spacial score (nSPS) is 14.5. The zero-order chi connectivity index (χ0) is 12.3. The van der Waals surface area contributed by atoms with Crippen LogP contribution in [-0.2, 0) is 30.7 Å². The molecule has 1 aromatic rings. The zero-order valence-corrected chi connectivity index (χ0v) is 10.5. The molecule has 2 rings (SSSR count). The van der Waals surface area contributed by atoms with E-state index in [1.165, 1.54) is 5.69 Å². The number of carbonyl (C=O) groups is 1. The fourth-order valence-electron chi connectivity index (χ4n) is 2.28. The van der Waals surface area contributed by atoms with Gasteiger partial charge in [0.15, 0.2) is 0 Å². The minimum Gasteiger partial charge on any atom is -0.355 e. The van der Waals surface area contributed by atoms with E-state index >= 15 is 0 Å². The minimum atomic E-state index is 0.0703. The number of fused-ring (bicyclic) bond motifs is 1. The second kappa shape index (κ2) is 5.31. The van der Waals surface area contributed by atoms with Crippen molar-refractivity contribution in [3.63, 3.8) is 0 Å². The second-order valence-corrected chi connectivity index (χ2v) is 4.24. The van der Waals surface area contributed by atoms with Gasteiger partial charge in [-0.1, -0.05) is 6.92 Å². The standard InChI is InChI=1S/C12H20N4O/c1-3-11-15-9-7-13-6-5-10(9)16(11)8-12(17)14-4-2/h13H,3-8H2,1-2H3,(H,14,17). The Morgan fingerprint density at radius 3 is 3.06 bits per heavy atom. The van der Waals surface area contributed by atoms with Crippen LogP contribution in [0.3, 0.4) is 0 Å². The molecule has 0 unspecified atom stereocenters. The second-order valence-electron chi connectivity index (χ2n) is 4.24. The summed E-state index contributed by atoms with van der Waals surface area (Å²) in [4.78, 5) is 16.3. The molecule has 0 aromatic carbocycles. The first-order valence-corrected chi connectivity index (χ1v) is 6.30. The molecule has 1 aliphatic rings. The highest BCUT2D eigenvalue weighted by atomic mass is 16.1. The van der Waals surface area contributed by atoms with Gasteiger partial charge in [0, 0.05) is 38.2 Å². The van der Waals surface area contributed by atoms with Crippen LogP contribution in [0.25, 0.3) is 0 Å². The number of aryl methyl sites for hydroxylation is 1. The van der Waals surface area contributed by atoms with E-state index in [2.05, 4.69) is 27.1 Å². The summed E-state index contributed by atoms with van der Waals surface area (Å²) in [5, 5.41) is 6.15. The molecule has 0 aliphatic carbocycles. The summed E-state index contributed by atoms with van der Waals surface area (Å²) in [5.74, 6) is 1.09. The summed E-state index contributed by atoms with van der Waals surface area (Å²) in [6.45, 7) is 6.89. The van der Waals surface area contributed by atoms with Crippen molar-refractivity contribution in [3.05, 3.63) is 17.2 Å². The summed E-state index contributed by atoms with van der Waals surface area (Å²) < 4.78 is 2.08. The largest absolute Gasteiger partial charge is 0.355 e. The molecule has 2 N–H and O–H groups in total. The van der Waals surface area contributed by atoms with E-state index in [0.717, 1.165) is 37.4 Å². The molecule has 0 atom stereocenters. The topological polar surface area (TPSA) is 59.0 Å². The average molecular weight is 236 g/mol. The average Bonchev–Trinajstić information content (AvgIpc) is 2.68. The van der Waals surface area contributed by atoms with Gasteiger partial charge < -0.3 is 15.2 Å². The van der Waals surface area contributed by atoms with Gasteiger partial charge in [0.2, 0.25) is 5.91 Å². The van der Waals surface area contributed by atoms with Crippen molar-refractivity contribution >= 4 is 5.91 Å². The lowest BCUT2D eigenvalue weighted by Gasteiger charge is -2.15. The fourth-order valence-corrected chi connectivity index (χ4v) is 2.28. The van der Waals surface area contributed by atoms with Gasteiger partial charge in [-0.25, -0.2) is 4.98 Å². The van der Waals surface area contributed by atoms with Gasteiger partial charge in [-0.05, 0) is 6.92 Å². The molecule has 17 heavy (non-hydrogen) atoms. The van der Waals surface area contributed by atoms with Gasteiger partial charge in [0.25, 0.3) is 0 Å². The van der Waals surface area contributed by atoms with Crippen LogP contribution in [-0.4, -0.2) is 28.5 Å². The summed E-state index contributed by atoms with van der Waals surface area (Å²) >= 11 is 0. The lowest BCUT2D eigenvalue weighted by Crippen LogP contribution is -2.30. The van der Waals surface area contributed by atoms with E-state index in [4.69, 9.17) is 0 Å². The molecule has 0 saturated carbocycles. The van der Waals surface area contributed by atoms with E-state index in [0.29, 0.717) is 13.1 Å². The smallest absolute Gasteiger partial charge is 0.239 e. The number of carbonyl (C=O) groups excluding carboxylic acids is 1. The van der Waals surface area contributed by atoms with Crippen molar-refractivity contribution in [1.29, 1.82) is 0 Å². The lowest BCUT2D eigenvalue weighted by atomic mass is 10.2. The molecule has 0 spiro atoms. The van der Waals surface area contributed by atoms with Gasteiger partial charge in [-0.3, -0.25) is 4.79 Å². The Bertz CT molecular complexity index is 411. The number of amides is 1. The Morgan fingerprint density at radius 1 is 1.53 bits per heavy atom. The van der Waals surface area contributed by atoms with E-state index in [9.17, 15) is 4.79 Å². The number of imidazole rings is 1. The Balaban J connectivity index is 2.24. The van der Waals surface area contributed by atoms with Gasteiger partial charge in [0.05, 0.1) is 5.69 Å². The van der Waals surface area contributed by atoms with Crippen molar-refractivity contribution in [3.8, 4) is 0 Å². The number of rotatable bonds is 4. The molecule has 5 heteroatoms. The first-order valence-electron chi connectivity index (χ1n) is 6.30. The van der Waals surface area contributed by atoms with Crippen LogP contribution in [0.2, 0.25) is 0 Å². The van der Waals surface area contributed by atoms with Crippen LogP contribution in [0.5, 0.6) is 0 Å². The van der Waals surface area contributed by atoms with Crippen LogP contribution in [0.1, 0.15) is 31.1 Å². The monoisotopic (exact) mass is 236 g/mol. The predicted molar refractivity (Wildman–Crippen MR) is 65.7 cm³/mol. The fraction of sp³-hybridized carbons (Fsp3) is 0.667. The SMILES string of the molecule is CCNC(=O)Cn1c(CC)nc2c1CCNC2. The van der Waals surface area contributed by atoms with Crippen molar-refractivity contribution < 1.29 is 4.79 Å². The van der Waals surface area contributed by atoms with Gasteiger partial charge in [0.1, 0.15) is 12.4 Å². The van der Waals surface area contributed by atoms with Crippen LogP contribution in [0.4, 0.5) is 0 Å². The maximum absolute atomic E-state index is 11.7. The van der Waals surface area contributed by atoms with Crippen LogP contribution >= 0.6 is 0 Å². The molecular weight excluding hydrogens is 216 g/mol. The van der Waals surface area contributed by atoms with Crippen LogP contribution in [0.15, 0.2) is 0 Å². The maximum Gasteiger partial charge on any atom is 0.239 e. The molecule has 0 bridgehead atoms. The number of likely N-dealkylation sites (N-methyl/N-ethyl adjacent to an activating group) is 1. The van der Waals surface area contributed by atoms with E-state index in [1.54, 1.807) is 0 Å². The highest BCUT2D eigenvalue weighted by Gasteiger charge is 2.19. The zero-order valence-electron chi connectivity index (χ0n) is 10.5. The van der Waals surface area contributed by atoms with Crippen molar-refractivity contribution in [2.24, 2.45) is 0 Å². The first kappa shape index (κ1) is 12.1. The van der Waals surface area contributed by atoms with Gasteiger partial charge in [-0.2, -0.15) is 0 Å². The molecule has 2 heterocycles. The molecule has 5 nitrogen and oxygen atoms in total. The molecule has 0 saturated heterocycles. The van der Waals surface area contributed by atoms with Crippen molar-refractivity contribution in [1.82, 2.24) is 20.2 Å². The van der Waals surface area contributed by atoms with E-state index in [-0.39, 0.29) is 5.91 Å². The number of aromatic nitrogens is 2. The summed E-state index contributed by atoms with van der Waals surface area (Å²) in [5.41, 5.74) is 2.34. The van der Waals surface area contributed by atoms with Crippen LogP contribution < -0.4 is 10.6 Å². The maximum atomic E-state index is 11.7. The molecule has 0 fully saturated rings. The number of hydrogen-bond donors (Lipinski definition) is 2. The molecule has 1 amide bonds. The number of hydrogen-bond acceptors (Lipinski definition) is 3. The molecule has 1 aliphatic heterocycles. The minimum absolute atomic E-state index is 0.0703. The molecule has 94 valence electrons. The Morgan fingerprint density at radius 2 is 2.35 bits per heavy atom. The van der Waals surface area contributed by atoms with E-state index < -0.39 is 0 Å². The summed E-state index contributed by atoms with van der Waals surface area (Å²) in [6.07, 6.45) is 1.83. The van der Waals surface area contributed by atoms with Gasteiger partial charge >= 0.3 is 0 Å². The van der Waals surface area contributed by atoms with Gasteiger partial charge in [-0.15, -0.1) is 0 Å². The van der Waals surface area contributed by atoms with Crippen molar-refractivity contribution in [2.45, 2.75) is 39.8 Å².